The predicted molar refractivity (Wildman–Crippen MR) is 49.2 cm³/mol. The van der Waals surface area contributed by atoms with Crippen LogP contribution < -0.4 is 0 Å². The molecule has 1 nitrogen and oxygen atoms in total. The fourth-order valence-electron chi connectivity index (χ4n) is 0.314. The summed E-state index contributed by atoms with van der Waals surface area (Å²) in [7, 11) is 0. The first-order valence-corrected chi connectivity index (χ1v) is 3.90. The van der Waals surface area contributed by atoms with Gasteiger partial charge < -0.3 is 0 Å². The van der Waals surface area contributed by atoms with Gasteiger partial charge >= 0.3 is 0 Å². The Morgan fingerprint density at radius 2 is 2.11 bits per heavy atom. The SMILES string of the molecule is C=N/C=C(Br)\C=C(/C)Br. The molecule has 0 N–H and O–H groups in total. The van der Waals surface area contributed by atoms with E-state index >= 15 is 0 Å². The molecule has 0 bridgehead atoms. The number of hydrogen-bond acceptors (Lipinski definition) is 1. The first-order chi connectivity index (χ1) is 4.16. The first-order valence-electron chi connectivity index (χ1n) is 2.32. The summed E-state index contributed by atoms with van der Waals surface area (Å²) in [5.41, 5.74) is 0. The fourth-order valence-corrected chi connectivity index (χ4v) is 1.36. The van der Waals surface area contributed by atoms with E-state index in [0.717, 1.165) is 8.96 Å². The fraction of sp³-hybridized carbons (Fsp3) is 0.167. The minimum atomic E-state index is 0.909. The molecule has 0 spiro atoms. The Balaban J connectivity index is 4.05. The smallest absolute Gasteiger partial charge is 0.0403 e. The van der Waals surface area contributed by atoms with Crippen LogP contribution in [0.4, 0.5) is 0 Å². The molecule has 0 atom stereocenters. The maximum atomic E-state index is 3.56. The highest BCUT2D eigenvalue weighted by molar-refractivity contribution is 9.12. The normalized spacial score (nSPS) is 13.7. The van der Waals surface area contributed by atoms with Crippen LogP contribution in [0.25, 0.3) is 0 Å². The number of rotatable bonds is 2. The molecule has 0 heterocycles. The van der Waals surface area contributed by atoms with Crippen molar-refractivity contribution >= 4 is 38.6 Å². The van der Waals surface area contributed by atoms with Crippen molar-refractivity contribution in [2.45, 2.75) is 6.92 Å². The van der Waals surface area contributed by atoms with Gasteiger partial charge in [0.25, 0.3) is 0 Å². The molecule has 50 valence electrons. The van der Waals surface area contributed by atoms with E-state index < -0.39 is 0 Å². The van der Waals surface area contributed by atoms with E-state index in [1.165, 1.54) is 0 Å². The standard InChI is InChI=1S/C6H7Br2N/c1-5(7)3-6(8)4-9-2/h3-4H,2H2,1H3/b5-3+,6-4+. The Hall–Kier alpha value is 0.110. The van der Waals surface area contributed by atoms with Gasteiger partial charge in [-0.25, -0.2) is 0 Å². The van der Waals surface area contributed by atoms with Crippen molar-refractivity contribution in [3.8, 4) is 0 Å². The Labute approximate surface area is 71.8 Å². The van der Waals surface area contributed by atoms with Gasteiger partial charge in [0.1, 0.15) is 0 Å². The van der Waals surface area contributed by atoms with Crippen LogP contribution in [-0.4, -0.2) is 6.72 Å². The third-order valence-corrected chi connectivity index (χ3v) is 1.21. The van der Waals surface area contributed by atoms with Crippen LogP contribution in [0.15, 0.2) is 26.2 Å². The molecule has 0 rings (SSSR count). The van der Waals surface area contributed by atoms with Gasteiger partial charge in [-0.2, -0.15) is 0 Å². The largest absolute Gasteiger partial charge is 0.271 e. The van der Waals surface area contributed by atoms with Crippen molar-refractivity contribution in [2.24, 2.45) is 4.99 Å². The number of nitrogens with zero attached hydrogens (tertiary/aromatic N) is 1. The van der Waals surface area contributed by atoms with Crippen LogP contribution in [0.5, 0.6) is 0 Å². The molecule has 0 aromatic carbocycles. The highest BCUT2D eigenvalue weighted by Crippen LogP contribution is 2.12. The summed E-state index contributed by atoms with van der Waals surface area (Å²) in [5.74, 6) is 0. The van der Waals surface area contributed by atoms with E-state index in [-0.39, 0.29) is 0 Å². The lowest BCUT2D eigenvalue weighted by molar-refractivity contribution is 1.58. The molecule has 0 saturated carbocycles. The molecule has 0 aromatic heterocycles. The molecule has 0 unspecified atom stereocenters. The zero-order chi connectivity index (χ0) is 7.28. The lowest BCUT2D eigenvalue weighted by Crippen LogP contribution is -1.61. The summed E-state index contributed by atoms with van der Waals surface area (Å²) in [6.07, 6.45) is 3.53. The summed E-state index contributed by atoms with van der Waals surface area (Å²) in [5, 5.41) is 0. The second-order valence-electron chi connectivity index (χ2n) is 1.43. The van der Waals surface area contributed by atoms with E-state index in [9.17, 15) is 0 Å². The van der Waals surface area contributed by atoms with Gasteiger partial charge in [-0.1, -0.05) is 15.9 Å². The van der Waals surface area contributed by atoms with Crippen LogP contribution >= 0.6 is 31.9 Å². The summed E-state index contributed by atoms with van der Waals surface area (Å²) < 4.78 is 1.96. The van der Waals surface area contributed by atoms with Crippen molar-refractivity contribution in [1.82, 2.24) is 0 Å². The van der Waals surface area contributed by atoms with Gasteiger partial charge in [-0.3, -0.25) is 4.99 Å². The van der Waals surface area contributed by atoms with Crippen LogP contribution in [0.1, 0.15) is 6.92 Å². The maximum absolute atomic E-state index is 3.56. The highest BCUT2D eigenvalue weighted by atomic mass is 79.9. The molecule has 3 heteroatoms. The third-order valence-electron chi connectivity index (χ3n) is 0.551. The molecule has 9 heavy (non-hydrogen) atoms. The van der Waals surface area contributed by atoms with Crippen molar-refractivity contribution < 1.29 is 0 Å². The number of halogens is 2. The van der Waals surface area contributed by atoms with Gasteiger partial charge in [0.05, 0.1) is 0 Å². The Morgan fingerprint density at radius 3 is 2.44 bits per heavy atom. The molecule has 0 fully saturated rings. The molecule has 0 aliphatic heterocycles. The third kappa shape index (κ3) is 5.99. The van der Waals surface area contributed by atoms with Gasteiger partial charge in [0.2, 0.25) is 0 Å². The van der Waals surface area contributed by atoms with Crippen molar-refractivity contribution in [3.05, 3.63) is 21.2 Å². The van der Waals surface area contributed by atoms with Gasteiger partial charge in [-0.15, -0.1) is 0 Å². The predicted octanol–water partition coefficient (Wildman–Crippen LogP) is 3.22. The topological polar surface area (TPSA) is 12.4 Å². The molecule has 0 radical (unpaired) electrons. The van der Waals surface area contributed by atoms with Crippen molar-refractivity contribution in [3.63, 3.8) is 0 Å². The lowest BCUT2D eigenvalue weighted by atomic mass is 10.5. The average molecular weight is 253 g/mol. The van der Waals surface area contributed by atoms with Crippen molar-refractivity contribution in [1.29, 1.82) is 0 Å². The number of aliphatic imine (C=N–C) groups is 1. The van der Waals surface area contributed by atoms with Gasteiger partial charge in [-0.05, 0) is 40.1 Å². The van der Waals surface area contributed by atoms with Crippen LogP contribution in [0.2, 0.25) is 0 Å². The van der Waals surface area contributed by atoms with E-state index in [4.69, 9.17) is 0 Å². The average Bonchev–Trinajstić information content (AvgIpc) is 1.63. The molecule has 0 aliphatic rings. The van der Waals surface area contributed by atoms with Crippen LogP contribution in [-0.2, 0) is 0 Å². The summed E-state index contributed by atoms with van der Waals surface area (Å²) in [6, 6.07) is 0. The number of allylic oxidation sites excluding steroid dienone is 3. The minimum Gasteiger partial charge on any atom is -0.271 e. The minimum absolute atomic E-state index is 0.909. The van der Waals surface area contributed by atoms with Crippen molar-refractivity contribution in [2.75, 3.05) is 0 Å². The summed E-state index contributed by atoms with van der Waals surface area (Å²) in [6.45, 7) is 5.25. The van der Waals surface area contributed by atoms with Crippen LogP contribution in [0.3, 0.4) is 0 Å². The zero-order valence-electron chi connectivity index (χ0n) is 5.06. The van der Waals surface area contributed by atoms with E-state index in [2.05, 4.69) is 43.6 Å². The quantitative estimate of drug-likeness (QED) is 0.529. The number of hydrogen-bond donors (Lipinski definition) is 0. The Bertz CT molecular complexity index is 154. The monoisotopic (exact) mass is 251 g/mol. The van der Waals surface area contributed by atoms with E-state index in [0.29, 0.717) is 0 Å². The molecule has 0 amide bonds. The first kappa shape index (κ1) is 9.11. The van der Waals surface area contributed by atoms with E-state index in [1.807, 2.05) is 13.0 Å². The maximum Gasteiger partial charge on any atom is 0.0403 e. The zero-order valence-corrected chi connectivity index (χ0v) is 8.24. The highest BCUT2D eigenvalue weighted by Gasteiger charge is 1.82. The molecular weight excluding hydrogens is 246 g/mol. The molecular formula is C6H7Br2N. The second-order valence-corrected chi connectivity index (χ2v) is 3.59. The van der Waals surface area contributed by atoms with E-state index in [1.54, 1.807) is 6.20 Å². The Kier molecular flexibility index (Phi) is 5.00. The molecule has 0 saturated heterocycles. The van der Waals surface area contributed by atoms with Gasteiger partial charge in [0.15, 0.2) is 0 Å². The Morgan fingerprint density at radius 1 is 1.56 bits per heavy atom. The second kappa shape index (κ2) is 4.94. The lowest BCUT2D eigenvalue weighted by Gasteiger charge is -1.85. The summed E-state index contributed by atoms with van der Waals surface area (Å²) >= 11 is 6.53. The molecule has 0 aliphatic carbocycles. The summed E-state index contributed by atoms with van der Waals surface area (Å²) in [4.78, 5) is 3.56. The van der Waals surface area contributed by atoms with Crippen LogP contribution in [0, 0.1) is 0 Å². The van der Waals surface area contributed by atoms with Gasteiger partial charge in [0, 0.05) is 10.7 Å². The molecule has 0 aromatic rings.